The summed E-state index contributed by atoms with van der Waals surface area (Å²) in [7, 11) is 0. The molecule has 8 N–H and O–H groups in total. The summed E-state index contributed by atoms with van der Waals surface area (Å²) < 4.78 is 0. The van der Waals surface area contributed by atoms with Gasteiger partial charge in [-0.1, -0.05) is 0 Å². The number of aromatic amines is 1. The van der Waals surface area contributed by atoms with Crippen molar-refractivity contribution in [3.05, 3.63) is 18.2 Å². The van der Waals surface area contributed by atoms with E-state index in [0.29, 0.717) is 18.7 Å². The summed E-state index contributed by atoms with van der Waals surface area (Å²) in [5.74, 6) is -7.12. The van der Waals surface area contributed by atoms with Crippen LogP contribution in [0.15, 0.2) is 12.5 Å². The van der Waals surface area contributed by atoms with Crippen molar-refractivity contribution in [2.75, 3.05) is 6.54 Å². The molecule has 0 saturated carbocycles. The molecule has 1 aromatic heterocycles. The van der Waals surface area contributed by atoms with Crippen LogP contribution in [-0.4, -0.2) is 91.6 Å². The molecule has 4 atom stereocenters. The molecular formula is C19H26N6O9. The molecule has 1 aliphatic heterocycles. The maximum absolute atomic E-state index is 12.7. The van der Waals surface area contributed by atoms with Crippen LogP contribution in [0.1, 0.15) is 31.4 Å². The van der Waals surface area contributed by atoms with Gasteiger partial charge in [-0.3, -0.25) is 24.0 Å². The topological polar surface area (TPSA) is 240 Å². The van der Waals surface area contributed by atoms with Gasteiger partial charge in [-0.25, -0.2) is 9.78 Å². The fourth-order valence-corrected chi connectivity index (χ4v) is 3.31. The fraction of sp³-hybridized carbons (Fsp3) is 0.526. The number of carbonyl (C=O) groups is 6. The van der Waals surface area contributed by atoms with E-state index in [4.69, 9.17) is 10.2 Å². The number of imidazole rings is 1. The van der Waals surface area contributed by atoms with Gasteiger partial charge in [-0.05, 0) is 19.4 Å². The van der Waals surface area contributed by atoms with Gasteiger partial charge in [-0.2, -0.15) is 0 Å². The van der Waals surface area contributed by atoms with Crippen LogP contribution in [0.2, 0.25) is 0 Å². The molecule has 0 bridgehead atoms. The van der Waals surface area contributed by atoms with Crippen LogP contribution in [0.25, 0.3) is 0 Å². The minimum atomic E-state index is -1.73. The minimum absolute atomic E-state index is 0.194. The third-order valence-electron chi connectivity index (χ3n) is 4.99. The van der Waals surface area contributed by atoms with Gasteiger partial charge in [0.1, 0.15) is 18.1 Å². The van der Waals surface area contributed by atoms with Gasteiger partial charge in [0.05, 0.1) is 25.2 Å². The molecule has 15 heteroatoms. The lowest BCUT2D eigenvalue weighted by Crippen LogP contribution is -2.58. The number of amides is 3. The first-order valence-corrected chi connectivity index (χ1v) is 10.3. The second kappa shape index (κ2) is 12.3. The predicted octanol–water partition coefficient (Wildman–Crippen LogP) is -2.81. The molecule has 1 saturated heterocycles. The van der Waals surface area contributed by atoms with Crippen molar-refractivity contribution in [1.82, 2.24) is 31.2 Å². The smallest absolute Gasteiger partial charge is 0.326 e. The fourth-order valence-electron chi connectivity index (χ4n) is 3.31. The van der Waals surface area contributed by atoms with Crippen molar-refractivity contribution >= 4 is 35.6 Å². The van der Waals surface area contributed by atoms with Crippen LogP contribution in [0, 0.1) is 0 Å². The Kier molecular flexibility index (Phi) is 9.49. The van der Waals surface area contributed by atoms with Gasteiger partial charge in [0.25, 0.3) is 0 Å². The quantitative estimate of drug-likeness (QED) is 0.143. The summed E-state index contributed by atoms with van der Waals surface area (Å²) in [6, 6.07) is -5.40. The molecule has 4 unspecified atom stereocenters. The summed E-state index contributed by atoms with van der Waals surface area (Å²) in [6.45, 7) is 0.581. The Bertz CT molecular complexity index is 913. The zero-order valence-corrected chi connectivity index (χ0v) is 17.9. The first kappa shape index (κ1) is 26.2. The Morgan fingerprint density at radius 1 is 0.941 bits per heavy atom. The average Bonchev–Trinajstić information content (AvgIpc) is 3.45. The monoisotopic (exact) mass is 482 g/mol. The van der Waals surface area contributed by atoms with Crippen LogP contribution in [0.5, 0.6) is 0 Å². The molecule has 15 nitrogen and oxygen atoms in total. The summed E-state index contributed by atoms with van der Waals surface area (Å²) in [5, 5.41) is 37.1. The number of carbonyl (C=O) groups excluding carboxylic acids is 3. The molecule has 0 aromatic carbocycles. The predicted molar refractivity (Wildman–Crippen MR) is 111 cm³/mol. The second-order valence-corrected chi connectivity index (χ2v) is 7.65. The molecule has 1 aliphatic rings. The van der Waals surface area contributed by atoms with E-state index >= 15 is 0 Å². The number of hydrogen-bond donors (Lipinski definition) is 8. The average molecular weight is 482 g/mol. The highest BCUT2D eigenvalue weighted by atomic mass is 16.4. The van der Waals surface area contributed by atoms with Crippen molar-refractivity contribution in [1.29, 1.82) is 0 Å². The number of aliphatic carboxylic acids is 3. The first-order chi connectivity index (χ1) is 16.1. The van der Waals surface area contributed by atoms with Gasteiger partial charge in [0.2, 0.25) is 17.7 Å². The summed E-state index contributed by atoms with van der Waals surface area (Å²) in [5.41, 5.74) is 0.385. The third-order valence-corrected chi connectivity index (χ3v) is 4.99. The zero-order valence-electron chi connectivity index (χ0n) is 17.9. The molecule has 2 rings (SSSR count). The highest BCUT2D eigenvalue weighted by Gasteiger charge is 2.33. The number of carboxylic acid groups (broad SMARTS) is 3. The summed E-state index contributed by atoms with van der Waals surface area (Å²) in [6.07, 6.45) is 1.94. The highest BCUT2D eigenvalue weighted by Crippen LogP contribution is 2.07. The van der Waals surface area contributed by atoms with E-state index in [1.807, 2.05) is 0 Å². The SMILES string of the molecule is O=C(O)CC(NC(=O)C(CC(=O)O)NC(=O)C1CCCN1)C(=O)NC(Cc1cnc[nH]1)C(=O)O. The molecule has 1 fully saturated rings. The normalized spacial score (nSPS) is 17.7. The van der Waals surface area contributed by atoms with Crippen LogP contribution in [-0.2, 0) is 35.2 Å². The van der Waals surface area contributed by atoms with Crippen LogP contribution in [0.4, 0.5) is 0 Å². The Balaban J connectivity index is 2.11. The molecule has 0 aliphatic carbocycles. The van der Waals surface area contributed by atoms with Crippen molar-refractivity contribution in [2.45, 2.75) is 56.3 Å². The van der Waals surface area contributed by atoms with Gasteiger partial charge < -0.3 is 41.6 Å². The van der Waals surface area contributed by atoms with E-state index in [1.54, 1.807) is 0 Å². The highest BCUT2D eigenvalue weighted by molar-refractivity contribution is 5.96. The maximum Gasteiger partial charge on any atom is 0.326 e. The van der Waals surface area contributed by atoms with Gasteiger partial charge >= 0.3 is 17.9 Å². The standard InChI is InChI=1S/C19H26N6O9/c26-14(27)5-11(23-16(30)10-2-1-3-21-10)17(31)24-12(6-15(28)29)18(32)25-13(19(33)34)4-9-7-20-8-22-9/h7-8,10-13,21H,1-6H2,(H,20,22)(H,23,30)(H,24,31)(H,25,32)(H,26,27)(H,28,29)(H,33,34). The third kappa shape index (κ3) is 8.16. The lowest BCUT2D eigenvalue weighted by atomic mass is 10.1. The molecule has 1 aromatic rings. The molecule has 3 amide bonds. The Morgan fingerprint density at radius 2 is 1.53 bits per heavy atom. The van der Waals surface area contributed by atoms with Gasteiger partial charge in [0, 0.05) is 18.3 Å². The summed E-state index contributed by atoms with van der Waals surface area (Å²) >= 11 is 0. The molecule has 186 valence electrons. The molecule has 0 radical (unpaired) electrons. The zero-order chi connectivity index (χ0) is 25.3. The van der Waals surface area contributed by atoms with Crippen LogP contribution in [0.3, 0.4) is 0 Å². The number of carboxylic acids is 3. The number of nitrogens with zero attached hydrogens (tertiary/aromatic N) is 1. The molecule has 2 heterocycles. The number of nitrogens with one attached hydrogen (secondary N) is 5. The lowest BCUT2D eigenvalue weighted by Gasteiger charge is -2.24. The van der Waals surface area contributed by atoms with Crippen LogP contribution < -0.4 is 21.3 Å². The van der Waals surface area contributed by atoms with E-state index in [1.165, 1.54) is 12.5 Å². The second-order valence-electron chi connectivity index (χ2n) is 7.65. The van der Waals surface area contributed by atoms with E-state index in [2.05, 4.69) is 31.2 Å². The minimum Gasteiger partial charge on any atom is -0.481 e. The Labute approximate surface area is 192 Å². The largest absolute Gasteiger partial charge is 0.481 e. The Hall–Kier alpha value is -4.01. The first-order valence-electron chi connectivity index (χ1n) is 10.3. The summed E-state index contributed by atoms with van der Waals surface area (Å²) in [4.78, 5) is 78.0. The lowest BCUT2D eigenvalue weighted by molar-refractivity contribution is -0.145. The van der Waals surface area contributed by atoms with E-state index in [-0.39, 0.29) is 6.42 Å². The number of hydrogen-bond acceptors (Lipinski definition) is 8. The molecule has 34 heavy (non-hydrogen) atoms. The number of H-pyrrole nitrogens is 1. The van der Waals surface area contributed by atoms with Crippen molar-refractivity contribution < 1.29 is 44.1 Å². The van der Waals surface area contributed by atoms with Gasteiger partial charge in [-0.15, -0.1) is 0 Å². The number of rotatable bonds is 13. The van der Waals surface area contributed by atoms with Crippen molar-refractivity contribution in [3.8, 4) is 0 Å². The molecule has 0 spiro atoms. The van der Waals surface area contributed by atoms with E-state index in [9.17, 15) is 33.9 Å². The van der Waals surface area contributed by atoms with E-state index in [0.717, 1.165) is 6.42 Å². The van der Waals surface area contributed by atoms with Crippen LogP contribution >= 0.6 is 0 Å². The Morgan fingerprint density at radius 3 is 2.00 bits per heavy atom. The van der Waals surface area contributed by atoms with Crippen molar-refractivity contribution in [2.24, 2.45) is 0 Å². The molecular weight excluding hydrogens is 456 g/mol. The van der Waals surface area contributed by atoms with E-state index < -0.39 is 72.6 Å². The maximum atomic E-state index is 12.7. The van der Waals surface area contributed by atoms with Crippen molar-refractivity contribution in [3.63, 3.8) is 0 Å². The number of aromatic nitrogens is 2. The van der Waals surface area contributed by atoms with Gasteiger partial charge in [0.15, 0.2) is 0 Å².